The summed E-state index contributed by atoms with van der Waals surface area (Å²) in [5.41, 5.74) is 7.52. The van der Waals surface area contributed by atoms with E-state index in [0.717, 1.165) is 10.9 Å². The molecule has 1 aliphatic carbocycles. The van der Waals surface area contributed by atoms with Gasteiger partial charge in [0.1, 0.15) is 11.6 Å². The van der Waals surface area contributed by atoms with Crippen molar-refractivity contribution in [3.05, 3.63) is 40.4 Å². The van der Waals surface area contributed by atoms with Crippen molar-refractivity contribution in [3.63, 3.8) is 0 Å². The molecule has 0 amide bonds. The van der Waals surface area contributed by atoms with Gasteiger partial charge in [-0.3, -0.25) is 0 Å². The summed E-state index contributed by atoms with van der Waals surface area (Å²) < 4.78 is 16.1. The zero-order valence-corrected chi connectivity index (χ0v) is 11.0. The van der Waals surface area contributed by atoms with Crippen LogP contribution in [0.25, 0.3) is 11.2 Å². The molecule has 6 heteroatoms. The summed E-state index contributed by atoms with van der Waals surface area (Å²) in [6.45, 7) is 0. The Labute approximate surface area is 111 Å². The number of nitrogens with zero attached hydrogens (tertiary/aromatic N) is 3. The number of rotatable bonds is 1. The highest BCUT2D eigenvalue weighted by Crippen LogP contribution is 2.29. The highest BCUT2D eigenvalue weighted by molar-refractivity contribution is 9.10. The van der Waals surface area contributed by atoms with E-state index in [1.807, 2.05) is 6.08 Å². The van der Waals surface area contributed by atoms with Gasteiger partial charge in [-0.05, 0) is 22.4 Å². The zero-order valence-electron chi connectivity index (χ0n) is 9.40. The third kappa shape index (κ3) is 1.73. The fraction of sp³-hybridized carbons (Fsp3) is 0.167. The van der Waals surface area contributed by atoms with Gasteiger partial charge in [-0.2, -0.15) is 9.61 Å². The van der Waals surface area contributed by atoms with Crippen LogP contribution in [0.1, 0.15) is 18.5 Å². The number of allylic oxidation sites excluding steroid dienone is 4. The summed E-state index contributed by atoms with van der Waals surface area (Å²) in [4.78, 5) is 4.39. The second kappa shape index (κ2) is 4.20. The average Bonchev–Trinajstić information content (AvgIpc) is 2.72. The van der Waals surface area contributed by atoms with E-state index in [-0.39, 0.29) is 5.83 Å². The summed E-state index contributed by atoms with van der Waals surface area (Å²) in [5.74, 6) is 0.282. The maximum atomic E-state index is 13.8. The molecule has 2 aromatic heterocycles. The normalized spacial score (nSPS) is 15.7. The van der Waals surface area contributed by atoms with Gasteiger partial charge in [-0.15, -0.1) is 0 Å². The predicted octanol–water partition coefficient (Wildman–Crippen LogP) is 3.10. The van der Waals surface area contributed by atoms with Crippen molar-refractivity contribution in [1.82, 2.24) is 14.6 Å². The molecule has 0 fully saturated rings. The third-order valence-corrected chi connectivity index (χ3v) is 3.40. The number of hydrogen-bond acceptors (Lipinski definition) is 3. The van der Waals surface area contributed by atoms with Crippen LogP contribution in [0.5, 0.6) is 0 Å². The fourth-order valence-corrected chi connectivity index (χ4v) is 2.31. The maximum Gasteiger partial charge on any atom is 0.172 e. The Morgan fingerprint density at radius 1 is 1.44 bits per heavy atom. The van der Waals surface area contributed by atoms with Crippen LogP contribution in [0.4, 0.5) is 10.2 Å². The van der Waals surface area contributed by atoms with Gasteiger partial charge >= 0.3 is 0 Å². The van der Waals surface area contributed by atoms with Crippen molar-refractivity contribution in [2.45, 2.75) is 12.8 Å². The van der Waals surface area contributed by atoms with Gasteiger partial charge in [0.2, 0.25) is 0 Å². The second-order valence-electron chi connectivity index (χ2n) is 4.05. The molecule has 0 saturated heterocycles. The Kier molecular flexibility index (Phi) is 2.66. The van der Waals surface area contributed by atoms with E-state index in [2.05, 4.69) is 26.0 Å². The number of halogens is 2. The molecule has 0 aromatic carbocycles. The lowest BCUT2D eigenvalue weighted by atomic mass is 10.0. The van der Waals surface area contributed by atoms with Crippen LogP contribution in [-0.4, -0.2) is 14.6 Å². The summed E-state index contributed by atoms with van der Waals surface area (Å²) in [7, 11) is 0. The highest BCUT2D eigenvalue weighted by Gasteiger charge is 2.14. The third-order valence-electron chi connectivity index (χ3n) is 2.84. The van der Waals surface area contributed by atoms with Gasteiger partial charge in [0, 0.05) is 18.1 Å². The van der Waals surface area contributed by atoms with Crippen LogP contribution >= 0.6 is 15.9 Å². The van der Waals surface area contributed by atoms with Crippen LogP contribution in [0, 0.1) is 0 Å². The average molecular weight is 309 g/mol. The van der Waals surface area contributed by atoms with Gasteiger partial charge in [0.15, 0.2) is 5.65 Å². The molecule has 18 heavy (non-hydrogen) atoms. The Morgan fingerprint density at radius 2 is 2.28 bits per heavy atom. The van der Waals surface area contributed by atoms with E-state index in [9.17, 15) is 4.39 Å². The number of fused-ring (bicyclic) bond motifs is 1. The molecule has 3 rings (SSSR count). The van der Waals surface area contributed by atoms with Gasteiger partial charge in [0.25, 0.3) is 0 Å². The smallest absolute Gasteiger partial charge is 0.172 e. The van der Waals surface area contributed by atoms with E-state index in [0.29, 0.717) is 29.2 Å². The highest BCUT2D eigenvalue weighted by atomic mass is 79.9. The molecule has 0 bridgehead atoms. The Morgan fingerprint density at radius 3 is 3.06 bits per heavy atom. The second-order valence-corrected chi connectivity index (χ2v) is 4.91. The van der Waals surface area contributed by atoms with Gasteiger partial charge in [0.05, 0.1) is 16.4 Å². The number of nitrogens with two attached hydrogens (primary N) is 1. The van der Waals surface area contributed by atoms with Gasteiger partial charge < -0.3 is 5.73 Å². The van der Waals surface area contributed by atoms with E-state index >= 15 is 0 Å². The fourth-order valence-electron chi connectivity index (χ4n) is 1.96. The molecule has 0 aliphatic heterocycles. The van der Waals surface area contributed by atoms with Crippen molar-refractivity contribution in [1.29, 1.82) is 0 Å². The summed E-state index contributed by atoms with van der Waals surface area (Å²) in [6.07, 6.45) is 6.44. The first-order valence-electron chi connectivity index (χ1n) is 5.52. The van der Waals surface area contributed by atoms with E-state index in [1.165, 1.54) is 4.52 Å². The molecule has 92 valence electrons. The Balaban J connectivity index is 2.24. The van der Waals surface area contributed by atoms with Gasteiger partial charge in [-0.1, -0.05) is 12.2 Å². The zero-order chi connectivity index (χ0) is 12.7. The lowest BCUT2D eigenvalue weighted by molar-refractivity contribution is 0.592. The topological polar surface area (TPSA) is 56.2 Å². The van der Waals surface area contributed by atoms with Crippen molar-refractivity contribution in [2.24, 2.45) is 0 Å². The molecule has 2 N–H and O–H groups in total. The molecule has 0 atom stereocenters. The number of hydrogen-bond donors (Lipinski definition) is 1. The van der Waals surface area contributed by atoms with Gasteiger partial charge in [-0.25, -0.2) is 9.37 Å². The SMILES string of the molecule is Nc1cc(C2=C(F)CCC=C2)nc2c(Br)cnn12. The number of anilines is 1. The van der Waals surface area contributed by atoms with Crippen molar-refractivity contribution >= 4 is 33.0 Å². The van der Waals surface area contributed by atoms with Crippen molar-refractivity contribution < 1.29 is 4.39 Å². The first-order valence-corrected chi connectivity index (χ1v) is 6.31. The van der Waals surface area contributed by atoms with E-state index in [1.54, 1.807) is 18.3 Å². The maximum absolute atomic E-state index is 13.8. The minimum absolute atomic E-state index is 0.149. The predicted molar refractivity (Wildman–Crippen MR) is 71.5 cm³/mol. The van der Waals surface area contributed by atoms with Crippen LogP contribution in [-0.2, 0) is 0 Å². The van der Waals surface area contributed by atoms with E-state index in [4.69, 9.17) is 5.73 Å². The lowest BCUT2D eigenvalue weighted by Gasteiger charge is -2.10. The molecule has 2 heterocycles. The summed E-state index contributed by atoms with van der Waals surface area (Å²) >= 11 is 3.35. The van der Waals surface area contributed by atoms with Crippen LogP contribution < -0.4 is 5.73 Å². The molecule has 1 aliphatic rings. The summed E-state index contributed by atoms with van der Waals surface area (Å²) in [5, 5.41) is 4.08. The van der Waals surface area contributed by atoms with Crippen molar-refractivity contribution in [2.75, 3.05) is 5.73 Å². The molecular formula is C12H10BrFN4. The standard InChI is InChI=1S/C12H10BrFN4/c13-8-6-16-18-11(15)5-10(17-12(8)18)7-3-1-2-4-9(7)14/h1,3,5-6H,2,4,15H2. The number of nitrogen functional groups attached to an aromatic ring is 1. The molecule has 0 saturated carbocycles. The molecule has 4 nitrogen and oxygen atoms in total. The Hall–Kier alpha value is -1.69. The number of aromatic nitrogens is 3. The monoisotopic (exact) mass is 308 g/mol. The van der Waals surface area contributed by atoms with E-state index < -0.39 is 0 Å². The molecule has 0 radical (unpaired) electrons. The minimum atomic E-state index is -0.149. The first-order chi connectivity index (χ1) is 8.66. The van der Waals surface area contributed by atoms with Crippen LogP contribution in [0.3, 0.4) is 0 Å². The largest absolute Gasteiger partial charge is 0.384 e. The molecular weight excluding hydrogens is 299 g/mol. The van der Waals surface area contributed by atoms with Crippen LogP contribution in [0.2, 0.25) is 0 Å². The first kappa shape index (κ1) is 11.4. The molecule has 2 aromatic rings. The minimum Gasteiger partial charge on any atom is -0.384 e. The Bertz CT molecular complexity index is 687. The van der Waals surface area contributed by atoms with Crippen molar-refractivity contribution in [3.8, 4) is 0 Å². The molecule has 0 spiro atoms. The van der Waals surface area contributed by atoms with Crippen LogP contribution in [0.15, 0.2) is 34.7 Å². The quantitative estimate of drug-likeness (QED) is 0.880. The molecule has 0 unspecified atom stereocenters. The lowest BCUT2D eigenvalue weighted by Crippen LogP contribution is -2.03. The summed E-state index contributed by atoms with van der Waals surface area (Å²) in [6, 6.07) is 1.64.